The Morgan fingerprint density at radius 3 is 2.07 bits per heavy atom. The van der Waals surface area contributed by atoms with Crippen molar-refractivity contribution < 1.29 is 38.8 Å². The fraction of sp³-hybridized carbons (Fsp3) is 0.278. The Balaban J connectivity index is 0.000000221. The molecule has 6 aromatic rings. The molecule has 6 heteroatoms. The van der Waals surface area contributed by atoms with Crippen molar-refractivity contribution >= 4 is 49.6 Å². The number of hydrogen-bond acceptors (Lipinski definition) is 5. The molecule has 1 radical (unpaired) electrons. The van der Waals surface area contributed by atoms with Crippen LogP contribution in [0.1, 0.15) is 53.4 Å². The van der Waals surface area contributed by atoms with Gasteiger partial charge < -0.3 is 13.9 Å². The number of rotatable bonds is 8. The van der Waals surface area contributed by atoms with Gasteiger partial charge in [-0.05, 0) is 60.0 Å². The van der Waals surface area contributed by atoms with Crippen LogP contribution in [0.2, 0.25) is 0 Å². The number of aliphatic hydroxyl groups excluding tert-OH is 1. The van der Waals surface area contributed by atoms with Crippen molar-refractivity contribution in [2.24, 2.45) is 11.8 Å². The maximum atomic E-state index is 11.7. The van der Waals surface area contributed by atoms with Crippen molar-refractivity contribution in [3.05, 3.63) is 90.7 Å². The molecule has 0 aliphatic heterocycles. The molecule has 219 valence electrons. The summed E-state index contributed by atoms with van der Waals surface area (Å²) in [5.41, 5.74) is 4.14. The second kappa shape index (κ2) is 14.0. The van der Waals surface area contributed by atoms with Crippen molar-refractivity contribution in [3.63, 3.8) is 0 Å². The van der Waals surface area contributed by atoms with Crippen LogP contribution in [0.15, 0.2) is 93.5 Å². The third-order valence-electron chi connectivity index (χ3n) is 7.87. The molecule has 0 aliphatic rings. The Bertz CT molecular complexity index is 1810. The van der Waals surface area contributed by atoms with Crippen LogP contribution in [0.3, 0.4) is 0 Å². The molecule has 0 aliphatic carbocycles. The summed E-state index contributed by atoms with van der Waals surface area (Å²) in [7, 11) is 0. The SMILES string of the molecule is CCC(CC)C(=O)/C=C(\O)C(CC)CC.[Ir].[c-]1c(-c2nc3ccccc3o2)c2c3ccccc3oc2c2ccccc12. The van der Waals surface area contributed by atoms with Crippen molar-refractivity contribution in [3.8, 4) is 11.5 Å². The van der Waals surface area contributed by atoms with Crippen LogP contribution in [0.4, 0.5) is 0 Å². The van der Waals surface area contributed by atoms with Gasteiger partial charge in [0.25, 0.3) is 0 Å². The van der Waals surface area contributed by atoms with E-state index in [0.717, 1.165) is 75.1 Å². The number of benzene rings is 4. The fourth-order valence-electron chi connectivity index (χ4n) is 5.39. The Morgan fingerprint density at radius 1 is 0.810 bits per heavy atom. The summed E-state index contributed by atoms with van der Waals surface area (Å²) in [6, 6.07) is 27.5. The summed E-state index contributed by atoms with van der Waals surface area (Å²) in [5.74, 6) is 1.11. The Kier molecular flexibility index (Phi) is 10.4. The molecule has 6 rings (SSSR count). The molecule has 0 unspecified atom stereocenters. The first-order valence-corrected chi connectivity index (χ1v) is 14.5. The van der Waals surface area contributed by atoms with E-state index < -0.39 is 0 Å². The van der Waals surface area contributed by atoms with Gasteiger partial charge in [0, 0.05) is 38.0 Å². The first-order valence-electron chi connectivity index (χ1n) is 14.5. The van der Waals surface area contributed by atoms with E-state index in [1.54, 1.807) is 0 Å². The Morgan fingerprint density at radius 2 is 1.40 bits per heavy atom. The molecule has 0 saturated carbocycles. The van der Waals surface area contributed by atoms with Gasteiger partial charge in [0.2, 0.25) is 0 Å². The van der Waals surface area contributed by atoms with Gasteiger partial charge in [0.15, 0.2) is 11.7 Å². The number of oxazole rings is 1. The van der Waals surface area contributed by atoms with Gasteiger partial charge in [-0.15, -0.1) is 17.5 Å². The number of para-hydroxylation sites is 3. The van der Waals surface area contributed by atoms with E-state index in [0.29, 0.717) is 5.89 Å². The third-order valence-corrected chi connectivity index (χ3v) is 7.87. The monoisotopic (exact) mass is 739 g/mol. The van der Waals surface area contributed by atoms with Crippen molar-refractivity contribution in [2.75, 3.05) is 0 Å². The van der Waals surface area contributed by atoms with Gasteiger partial charge >= 0.3 is 0 Å². The molecule has 2 heterocycles. The summed E-state index contributed by atoms with van der Waals surface area (Å²) in [6.45, 7) is 8.07. The number of aromatic nitrogens is 1. The van der Waals surface area contributed by atoms with Crippen LogP contribution >= 0.6 is 0 Å². The molecule has 0 saturated heterocycles. The second-order valence-electron chi connectivity index (χ2n) is 10.3. The summed E-state index contributed by atoms with van der Waals surface area (Å²) in [6.07, 6.45) is 4.91. The van der Waals surface area contributed by atoms with Crippen molar-refractivity contribution in [1.29, 1.82) is 0 Å². The van der Waals surface area contributed by atoms with E-state index in [1.165, 1.54) is 6.08 Å². The van der Waals surface area contributed by atoms with Gasteiger partial charge in [-0.1, -0.05) is 81.8 Å². The van der Waals surface area contributed by atoms with Crippen molar-refractivity contribution in [2.45, 2.75) is 53.4 Å². The van der Waals surface area contributed by atoms with E-state index in [-0.39, 0.29) is 43.5 Å². The van der Waals surface area contributed by atoms with Crippen LogP contribution < -0.4 is 0 Å². The number of carbonyl (C=O) groups excluding carboxylic acids is 1. The normalized spacial score (nSPS) is 11.8. The number of furan rings is 1. The van der Waals surface area contributed by atoms with Crippen molar-refractivity contribution in [1.82, 2.24) is 4.98 Å². The van der Waals surface area contributed by atoms with E-state index in [9.17, 15) is 9.90 Å². The number of carbonyl (C=O) groups is 1. The maximum absolute atomic E-state index is 11.7. The number of aliphatic hydroxyl groups is 1. The molecule has 0 atom stereocenters. The second-order valence-corrected chi connectivity index (χ2v) is 10.3. The molecule has 42 heavy (non-hydrogen) atoms. The summed E-state index contributed by atoms with van der Waals surface area (Å²) < 4.78 is 12.3. The first kappa shape index (κ1) is 31.2. The Hall–Kier alpha value is -3.73. The zero-order chi connectivity index (χ0) is 28.9. The molecule has 1 N–H and O–H groups in total. The number of fused-ring (bicyclic) bond motifs is 6. The standard InChI is InChI=1S/C23H12NO2.C13H24O2.Ir/c1-2-8-15-14(7-1)13-17(23-24-18-10-4-6-12-20(18)26-23)21-16-9-3-5-11-19(16)25-22(15)21;1-5-10(6-2)12(14)9-13(15)11(7-3)8-4;/h1-12H;9-11,14H,5-8H2,1-4H3;/q-1;;/b;12-9-;. The quantitative estimate of drug-likeness (QED) is 0.0956. The molecule has 0 bridgehead atoms. The molecule has 0 spiro atoms. The molecular formula is C36H36IrNO4-. The van der Waals surface area contributed by atoms with Gasteiger partial charge in [0.05, 0.1) is 16.9 Å². The largest absolute Gasteiger partial charge is 0.512 e. The minimum absolute atomic E-state index is 0. The van der Waals surface area contributed by atoms with Gasteiger partial charge in [-0.3, -0.25) is 4.79 Å². The minimum atomic E-state index is 0. The zero-order valence-electron chi connectivity index (χ0n) is 24.4. The third kappa shape index (κ3) is 6.21. The zero-order valence-corrected chi connectivity index (χ0v) is 26.8. The van der Waals surface area contributed by atoms with Gasteiger partial charge in [-0.2, -0.15) is 0 Å². The maximum Gasteiger partial charge on any atom is 0.162 e. The van der Waals surface area contributed by atoms with Gasteiger partial charge in [0.1, 0.15) is 11.2 Å². The smallest absolute Gasteiger partial charge is 0.162 e. The van der Waals surface area contributed by atoms with E-state index >= 15 is 0 Å². The molecule has 0 amide bonds. The average molecular weight is 739 g/mol. The van der Waals surface area contributed by atoms with Gasteiger partial charge in [-0.25, -0.2) is 4.98 Å². The Labute approximate surface area is 260 Å². The molecular weight excluding hydrogens is 703 g/mol. The predicted molar refractivity (Wildman–Crippen MR) is 167 cm³/mol. The average Bonchev–Trinajstić information content (AvgIpc) is 3.61. The van der Waals surface area contributed by atoms with Crippen LogP contribution in [0.25, 0.3) is 55.3 Å². The van der Waals surface area contributed by atoms with E-state index in [2.05, 4.69) is 23.2 Å². The number of nitrogens with zero attached hydrogens (tertiary/aromatic N) is 1. The molecule has 4 aromatic carbocycles. The predicted octanol–water partition coefficient (Wildman–Crippen LogP) is 10.2. The van der Waals surface area contributed by atoms with Crippen LogP contribution in [0, 0.1) is 17.9 Å². The molecule has 2 aromatic heterocycles. The van der Waals surface area contributed by atoms with E-state index in [1.807, 2.05) is 88.4 Å². The summed E-state index contributed by atoms with van der Waals surface area (Å²) in [5, 5.41) is 13.8. The molecule has 0 fully saturated rings. The number of hydrogen-bond donors (Lipinski definition) is 1. The van der Waals surface area contributed by atoms with Crippen LogP contribution in [-0.2, 0) is 24.9 Å². The van der Waals surface area contributed by atoms with Crippen LogP contribution in [-0.4, -0.2) is 15.9 Å². The molecule has 5 nitrogen and oxygen atoms in total. The fourth-order valence-corrected chi connectivity index (χ4v) is 5.39. The topological polar surface area (TPSA) is 76.5 Å². The first-order chi connectivity index (χ1) is 20.0. The van der Waals surface area contributed by atoms with E-state index in [4.69, 9.17) is 8.83 Å². The van der Waals surface area contributed by atoms with Crippen LogP contribution in [0.5, 0.6) is 0 Å². The minimum Gasteiger partial charge on any atom is -0.512 e. The number of ketones is 1. The summed E-state index contributed by atoms with van der Waals surface area (Å²) >= 11 is 0. The number of allylic oxidation sites excluding steroid dienone is 2. The summed E-state index contributed by atoms with van der Waals surface area (Å²) in [4.78, 5) is 16.4.